The van der Waals surface area contributed by atoms with E-state index in [4.69, 9.17) is 19.8 Å². The fourth-order valence-electron chi connectivity index (χ4n) is 4.99. The predicted octanol–water partition coefficient (Wildman–Crippen LogP) is 6.73. The van der Waals surface area contributed by atoms with Crippen LogP contribution in [0.5, 0.6) is 0 Å². The molecule has 0 saturated carbocycles. The van der Waals surface area contributed by atoms with Crippen LogP contribution >= 0.6 is 0 Å². The van der Waals surface area contributed by atoms with Gasteiger partial charge in [0, 0.05) is 38.0 Å². The number of anilines is 1. The highest BCUT2D eigenvalue weighted by molar-refractivity contribution is 6.09. The summed E-state index contributed by atoms with van der Waals surface area (Å²) in [6, 6.07) is 19.2. The van der Waals surface area contributed by atoms with Gasteiger partial charge in [0.1, 0.15) is 11.3 Å². The van der Waals surface area contributed by atoms with Gasteiger partial charge >= 0.3 is 0 Å². The molecule has 0 N–H and O–H groups in total. The summed E-state index contributed by atoms with van der Waals surface area (Å²) in [5.74, 6) is 1.61. The van der Waals surface area contributed by atoms with Gasteiger partial charge in [0.15, 0.2) is 5.82 Å². The standard InChI is InChI=1S/C35H40N6O/c1-6-28-13-15-30(16-14-28)24-40(23-29-11-9-26(4)10-12-29)27(5)36-22-31(7-2)33-25-41-34(21-32(8-3)38-41)35(37-33)39-17-19-42-20-18-39/h6-7,9-16,21-22,25H,1,5,8,17-20,23-24H2,2-4H3/b31-7+,36-22?. The number of aryl methyl sites for hydroxylation is 2. The van der Waals surface area contributed by atoms with Crippen molar-refractivity contribution in [3.8, 4) is 0 Å². The Labute approximate surface area is 249 Å². The fraction of sp³-hybridized carbons (Fsp3) is 0.286. The smallest absolute Gasteiger partial charge is 0.155 e. The number of aliphatic imine (C=N–C) groups is 1. The van der Waals surface area contributed by atoms with E-state index in [2.05, 4.69) is 91.4 Å². The van der Waals surface area contributed by atoms with E-state index in [9.17, 15) is 0 Å². The number of fused-ring (bicyclic) bond motifs is 1. The van der Waals surface area contributed by atoms with Crippen molar-refractivity contribution in [1.82, 2.24) is 19.5 Å². The number of rotatable bonds is 11. The molecule has 1 aliphatic heterocycles. The average Bonchev–Trinajstić information content (AvgIpc) is 3.46. The first-order valence-corrected chi connectivity index (χ1v) is 14.6. The summed E-state index contributed by atoms with van der Waals surface area (Å²) >= 11 is 0. The van der Waals surface area contributed by atoms with Crippen molar-refractivity contribution in [2.24, 2.45) is 4.99 Å². The van der Waals surface area contributed by atoms with Crippen LogP contribution in [0.1, 0.15) is 47.5 Å². The molecule has 7 heteroatoms. The summed E-state index contributed by atoms with van der Waals surface area (Å²) in [4.78, 5) is 14.5. The van der Waals surface area contributed by atoms with Crippen molar-refractivity contribution >= 4 is 29.2 Å². The third-order valence-electron chi connectivity index (χ3n) is 7.57. The molecule has 0 aliphatic carbocycles. The number of ether oxygens (including phenoxy) is 1. The van der Waals surface area contributed by atoms with Crippen LogP contribution in [0.2, 0.25) is 0 Å². The number of hydrogen-bond acceptors (Lipinski definition) is 6. The number of hydrogen-bond donors (Lipinski definition) is 0. The van der Waals surface area contributed by atoms with Crippen molar-refractivity contribution < 1.29 is 4.74 Å². The van der Waals surface area contributed by atoms with Gasteiger partial charge in [-0.15, -0.1) is 0 Å². The highest BCUT2D eigenvalue weighted by Crippen LogP contribution is 2.25. The van der Waals surface area contributed by atoms with Gasteiger partial charge < -0.3 is 14.5 Å². The molecule has 0 amide bonds. The van der Waals surface area contributed by atoms with E-state index in [1.165, 1.54) is 16.7 Å². The minimum atomic E-state index is 0.685. The molecule has 0 radical (unpaired) electrons. The number of benzene rings is 2. The van der Waals surface area contributed by atoms with Gasteiger partial charge in [-0.05, 0) is 43.0 Å². The Hall–Kier alpha value is -4.49. The van der Waals surface area contributed by atoms with Gasteiger partial charge in [0.2, 0.25) is 0 Å². The second kappa shape index (κ2) is 13.4. The van der Waals surface area contributed by atoms with E-state index >= 15 is 0 Å². The maximum Gasteiger partial charge on any atom is 0.155 e. The van der Waals surface area contributed by atoms with Gasteiger partial charge in [0.05, 0.1) is 30.8 Å². The Balaban J connectivity index is 1.43. The minimum absolute atomic E-state index is 0.685. The van der Waals surface area contributed by atoms with E-state index in [-0.39, 0.29) is 0 Å². The Morgan fingerprint density at radius 1 is 1.05 bits per heavy atom. The predicted molar refractivity (Wildman–Crippen MR) is 174 cm³/mol. The van der Waals surface area contributed by atoms with Crippen LogP contribution in [-0.4, -0.2) is 52.0 Å². The van der Waals surface area contributed by atoms with E-state index in [1.807, 2.05) is 36.0 Å². The average molecular weight is 561 g/mol. The van der Waals surface area contributed by atoms with Crippen molar-refractivity contribution in [2.75, 3.05) is 31.2 Å². The van der Waals surface area contributed by atoms with Crippen LogP contribution in [0, 0.1) is 6.92 Å². The van der Waals surface area contributed by atoms with Crippen LogP contribution in [0.3, 0.4) is 0 Å². The van der Waals surface area contributed by atoms with Gasteiger partial charge in [-0.25, -0.2) is 14.5 Å². The topological polar surface area (TPSA) is 58.3 Å². The lowest BCUT2D eigenvalue weighted by atomic mass is 10.1. The first-order chi connectivity index (χ1) is 20.5. The Kier molecular flexibility index (Phi) is 9.29. The second-order valence-electron chi connectivity index (χ2n) is 10.6. The van der Waals surface area contributed by atoms with E-state index < -0.39 is 0 Å². The van der Waals surface area contributed by atoms with Crippen LogP contribution in [0.4, 0.5) is 5.82 Å². The zero-order chi connectivity index (χ0) is 29.5. The molecule has 0 spiro atoms. The summed E-state index contributed by atoms with van der Waals surface area (Å²) in [6.45, 7) is 18.9. The molecule has 42 heavy (non-hydrogen) atoms. The number of morpholine rings is 1. The lowest BCUT2D eigenvalue weighted by molar-refractivity contribution is 0.122. The lowest BCUT2D eigenvalue weighted by Crippen LogP contribution is -2.37. The number of nitrogens with zero attached hydrogens (tertiary/aromatic N) is 6. The first-order valence-electron chi connectivity index (χ1n) is 14.6. The second-order valence-corrected chi connectivity index (χ2v) is 10.6. The Morgan fingerprint density at radius 2 is 1.71 bits per heavy atom. The summed E-state index contributed by atoms with van der Waals surface area (Å²) in [6.07, 6.45) is 8.62. The van der Waals surface area contributed by atoms with Crippen molar-refractivity contribution in [2.45, 2.75) is 40.3 Å². The first kappa shape index (κ1) is 29.0. The maximum absolute atomic E-state index is 5.61. The molecule has 3 heterocycles. The fourth-order valence-corrected chi connectivity index (χ4v) is 4.99. The molecule has 0 bridgehead atoms. The summed E-state index contributed by atoms with van der Waals surface area (Å²) in [5.41, 5.74) is 8.51. The Bertz CT molecular complexity index is 1590. The van der Waals surface area contributed by atoms with Crippen molar-refractivity contribution in [1.29, 1.82) is 0 Å². The highest BCUT2D eigenvalue weighted by Gasteiger charge is 2.19. The molecule has 216 valence electrons. The molecule has 1 saturated heterocycles. The molecule has 0 atom stereocenters. The van der Waals surface area contributed by atoms with E-state index in [0.717, 1.165) is 53.4 Å². The number of allylic oxidation sites excluding steroid dienone is 2. The largest absolute Gasteiger partial charge is 0.378 e. The van der Waals surface area contributed by atoms with Gasteiger partial charge in [-0.2, -0.15) is 5.10 Å². The zero-order valence-corrected chi connectivity index (χ0v) is 25.0. The molecule has 5 rings (SSSR count). The van der Waals surface area contributed by atoms with Crippen LogP contribution in [0.25, 0.3) is 17.2 Å². The monoisotopic (exact) mass is 560 g/mol. The number of aromatic nitrogens is 3. The van der Waals surface area contributed by atoms with Gasteiger partial charge in [-0.3, -0.25) is 0 Å². The molecular formula is C35H40N6O. The van der Waals surface area contributed by atoms with Gasteiger partial charge in [-0.1, -0.05) is 86.3 Å². The molecule has 1 aliphatic rings. The lowest BCUT2D eigenvalue weighted by Gasteiger charge is -2.28. The minimum Gasteiger partial charge on any atom is -0.378 e. The normalized spacial score (nSPS) is 14.1. The van der Waals surface area contributed by atoms with Crippen molar-refractivity contribution in [3.05, 3.63) is 119 Å². The third kappa shape index (κ3) is 6.86. The maximum atomic E-state index is 5.61. The highest BCUT2D eigenvalue weighted by atomic mass is 16.5. The summed E-state index contributed by atoms with van der Waals surface area (Å²) in [5, 5.41) is 4.81. The Morgan fingerprint density at radius 3 is 2.33 bits per heavy atom. The van der Waals surface area contributed by atoms with Crippen LogP contribution < -0.4 is 4.90 Å². The molecule has 2 aromatic carbocycles. The molecule has 7 nitrogen and oxygen atoms in total. The summed E-state index contributed by atoms with van der Waals surface area (Å²) < 4.78 is 7.56. The van der Waals surface area contributed by atoms with Crippen LogP contribution in [0.15, 0.2) is 90.8 Å². The molecule has 0 unspecified atom stereocenters. The van der Waals surface area contributed by atoms with Gasteiger partial charge in [0.25, 0.3) is 0 Å². The SMILES string of the molecule is C=Cc1ccc(CN(Cc2ccc(C)cc2)C(=C)N=C/C(=C\C)c2cn3nc(CC)cc3c(N3CCOCC3)n2)cc1. The zero-order valence-electron chi connectivity index (χ0n) is 25.0. The quantitative estimate of drug-likeness (QED) is 0.191. The van der Waals surface area contributed by atoms with Crippen molar-refractivity contribution in [3.63, 3.8) is 0 Å². The summed E-state index contributed by atoms with van der Waals surface area (Å²) in [7, 11) is 0. The molecule has 2 aromatic heterocycles. The van der Waals surface area contributed by atoms with E-state index in [0.29, 0.717) is 32.1 Å². The molecular weight excluding hydrogens is 520 g/mol. The molecule has 4 aromatic rings. The van der Waals surface area contributed by atoms with Crippen LogP contribution in [-0.2, 0) is 24.2 Å². The molecule has 1 fully saturated rings. The third-order valence-corrected chi connectivity index (χ3v) is 7.57. The van der Waals surface area contributed by atoms with E-state index in [1.54, 1.807) is 0 Å².